The van der Waals surface area contributed by atoms with Crippen LogP contribution in [0.25, 0.3) is 4.96 Å². The summed E-state index contributed by atoms with van der Waals surface area (Å²) in [4.78, 5) is 30.3. The van der Waals surface area contributed by atoms with E-state index in [9.17, 15) is 9.59 Å². The van der Waals surface area contributed by atoms with E-state index in [0.29, 0.717) is 11.6 Å². The summed E-state index contributed by atoms with van der Waals surface area (Å²) >= 11 is 1.44. The highest BCUT2D eigenvalue weighted by Crippen LogP contribution is 2.18. The number of aryl methyl sites for hydroxylation is 2. The molecule has 2 aromatic rings. The number of hydrogen-bond acceptors (Lipinski definition) is 5. The average Bonchev–Trinajstić information content (AvgIpc) is 2.66. The van der Waals surface area contributed by atoms with E-state index in [1.807, 2.05) is 20.8 Å². The molecule has 0 spiro atoms. The number of carbonyl (C=O) groups is 1. The number of aromatic nitrogens is 2. The van der Waals surface area contributed by atoms with Gasteiger partial charge in [0.15, 0.2) is 4.96 Å². The second-order valence-electron chi connectivity index (χ2n) is 4.67. The molecule has 0 radical (unpaired) electrons. The van der Waals surface area contributed by atoms with Gasteiger partial charge >= 0.3 is 0 Å². The third-order valence-corrected chi connectivity index (χ3v) is 4.13. The summed E-state index contributed by atoms with van der Waals surface area (Å²) in [6, 6.07) is -0.169. The van der Waals surface area contributed by atoms with Crippen LogP contribution in [0.15, 0.2) is 11.0 Å². The molecule has 2 heterocycles. The van der Waals surface area contributed by atoms with Crippen LogP contribution >= 0.6 is 11.3 Å². The van der Waals surface area contributed by atoms with Crippen LogP contribution in [-0.2, 0) is 4.74 Å². The molecule has 0 aliphatic heterocycles. The Kier molecular flexibility index (Phi) is 4.20. The van der Waals surface area contributed by atoms with Crippen LogP contribution in [0.3, 0.4) is 0 Å². The lowest BCUT2D eigenvalue weighted by molar-refractivity contribution is 0.0903. The fourth-order valence-electron chi connectivity index (χ4n) is 1.93. The van der Waals surface area contributed by atoms with Crippen LogP contribution in [0, 0.1) is 13.8 Å². The van der Waals surface area contributed by atoms with E-state index in [1.165, 1.54) is 21.9 Å². The molecule has 6 nitrogen and oxygen atoms in total. The molecule has 0 saturated carbocycles. The number of rotatable bonds is 4. The van der Waals surface area contributed by atoms with Gasteiger partial charge in [0.05, 0.1) is 6.61 Å². The summed E-state index contributed by atoms with van der Waals surface area (Å²) in [5.41, 5.74) is 0.535. The molecule has 20 heavy (non-hydrogen) atoms. The standard InChI is InChI=1S/C13H17N3O3S/c1-7(6-19-4)15-11(17)10-5-14-13-16(12(10)18)8(2)9(3)20-13/h5,7H,6H2,1-4H3,(H,15,17)/t7-/m1/s1. The molecule has 1 N–H and O–H groups in total. The predicted molar refractivity (Wildman–Crippen MR) is 77.6 cm³/mol. The number of methoxy groups -OCH3 is 1. The van der Waals surface area contributed by atoms with Crippen LogP contribution < -0.4 is 10.9 Å². The van der Waals surface area contributed by atoms with E-state index in [4.69, 9.17) is 4.74 Å². The van der Waals surface area contributed by atoms with Gasteiger partial charge in [-0.25, -0.2) is 4.98 Å². The second-order valence-corrected chi connectivity index (χ2v) is 5.85. The lowest BCUT2D eigenvalue weighted by atomic mass is 10.2. The first-order chi connectivity index (χ1) is 9.45. The fraction of sp³-hybridized carbons (Fsp3) is 0.462. The van der Waals surface area contributed by atoms with Gasteiger partial charge < -0.3 is 10.1 Å². The molecular formula is C13H17N3O3S. The number of nitrogens with one attached hydrogen (secondary N) is 1. The Morgan fingerprint density at radius 3 is 2.90 bits per heavy atom. The number of thiazole rings is 1. The second kappa shape index (κ2) is 5.72. The van der Waals surface area contributed by atoms with Crippen molar-refractivity contribution < 1.29 is 9.53 Å². The molecule has 0 fully saturated rings. The van der Waals surface area contributed by atoms with E-state index >= 15 is 0 Å². The van der Waals surface area contributed by atoms with Crippen LogP contribution in [0.5, 0.6) is 0 Å². The maximum Gasteiger partial charge on any atom is 0.271 e. The SMILES string of the molecule is COC[C@@H](C)NC(=O)c1cnc2sc(C)c(C)n2c1=O. The van der Waals surface area contributed by atoms with Gasteiger partial charge in [-0.1, -0.05) is 0 Å². The highest BCUT2D eigenvalue weighted by Gasteiger charge is 2.17. The minimum atomic E-state index is -0.426. The van der Waals surface area contributed by atoms with Crippen molar-refractivity contribution in [3.63, 3.8) is 0 Å². The lowest BCUT2D eigenvalue weighted by Crippen LogP contribution is -2.39. The molecule has 2 rings (SSSR count). The molecule has 0 aliphatic rings. The van der Waals surface area contributed by atoms with Crippen LogP contribution in [-0.4, -0.2) is 35.1 Å². The first-order valence-corrected chi connectivity index (χ1v) is 7.05. The highest BCUT2D eigenvalue weighted by molar-refractivity contribution is 7.17. The Bertz CT molecular complexity index is 705. The summed E-state index contributed by atoms with van der Waals surface area (Å²) < 4.78 is 6.43. The van der Waals surface area contributed by atoms with Gasteiger partial charge in [-0.05, 0) is 20.8 Å². The summed E-state index contributed by atoms with van der Waals surface area (Å²) in [6.45, 7) is 5.97. The van der Waals surface area contributed by atoms with Gasteiger partial charge in [0.25, 0.3) is 11.5 Å². The Hall–Kier alpha value is -1.73. The van der Waals surface area contributed by atoms with Crippen molar-refractivity contribution in [3.8, 4) is 0 Å². The third kappa shape index (κ3) is 2.59. The summed E-state index contributed by atoms with van der Waals surface area (Å²) in [5.74, 6) is -0.426. The molecule has 108 valence electrons. The normalized spacial score (nSPS) is 12.6. The van der Waals surface area contributed by atoms with Crippen molar-refractivity contribution in [2.45, 2.75) is 26.8 Å². The smallest absolute Gasteiger partial charge is 0.271 e. The van der Waals surface area contributed by atoms with Crippen molar-refractivity contribution in [2.75, 3.05) is 13.7 Å². The number of amides is 1. The van der Waals surface area contributed by atoms with Gasteiger partial charge in [0, 0.05) is 29.9 Å². The Labute approximate surface area is 120 Å². The Balaban J connectivity index is 2.40. The zero-order chi connectivity index (χ0) is 14.9. The maximum atomic E-state index is 12.4. The largest absolute Gasteiger partial charge is 0.383 e. The minimum Gasteiger partial charge on any atom is -0.383 e. The monoisotopic (exact) mass is 295 g/mol. The average molecular weight is 295 g/mol. The molecule has 0 aromatic carbocycles. The highest BCUT2D eigenvalue weighted by atomic mass is 32.1. The first kappa shape index (κ1) is 14.7. The van der Waals surface area contributed by atoms with Gasteiger partial charge in [-0.3, -0.25) is 14.0 Å². The number of ether oxygens (including phenoxy) is 1. The molecule has 0 unspecified atom stereocenters. The number of fused-ring (bicyclic) bond motifs is 1. The van der Waals surface area contributed by atoms with Gasteiger partial charge in [-0.15, -0.1) is 11.3 Å². The molecular weight excluding hydrogens is 278 g/mol. The van der Waals surface area contributed by atoms with E-state index < -0.39 is 5.91 Å². The van der Waals surface area contributed by atoms with Gasteiger partial charge in [0.1, 0.15) is 5.56 Å². The number of hydrogen-bond donors (Lipinski definition) is 1. The van der Waals surface area contributed by atoms with Crippen LogP contribution in [0.4, 0.5) is 0 Å². The quantitative estimate of drug-likeness (QED) is 0.918. The van der Waals surface area contributed by atoms with Crippen molar-refractivity contribution >= 4 is 22.2 Å². The fourth-order valence-corrected chi connectivity index (χ4v) is 2.85. The van der Waals surface area contributed by atoms with Crippen molar-refractivity contribution in [1.82, 2.24) is 14.7 Å². The van der Waals surface area contributed by atoms with E-state index in [1.54, 1.807) is 7.11 Å². The molecule has 1 atom stereocenters. The molecule has 0 aliphatic carbocycles. The van der Waals surface area contributed by atoms with Crippen molar-refractivity contribution in [2.24, 2.45) is 0 Å². The van der Waals surface area contributed by atoms with Gasteiger partial charge in [-0.2, -0.15) is 0 Å². The van der Waals surface area contributed by atoms with Crippen molar-refractivity contribution in [3.05, 3.63) is 32.7 Å². The topological polar surface area (TPSA) is 72.7 Å². The van der Waals surface area contributed by atoms with E-state index in [-0.39, 0.29) is 17.2 Å². The van der Waals surface area contributed by atoms with Gasteiger partial charge in [0.2, 0.25) is 0 Å². The predicted octanol–water partition coefficient (Wildman–Crippen LogP) is 1.14. The van der Waals surface area contributed by atoms with E-state index in [0.717, 1.165) is 10.6 Å². The van der Waals surface area contributed by atoms with E-state index in [2.05, 4.69) is 10.3 Å². The maximum absolute atomic E-state index is 12.4. The summed E-state index contributed by atoms with van der Waals surface area (Å²) in [5, 5.41) is 2.72. The molecule has 2 aromatic heterocycles. The first-order valence-electron chi connectivity index (χ1n) is 6.23. The Morgan fingerprint density at radius 1 is 1.55 bits per heavy atom. The molecule has 7 heteroatoms. The summed E-state index contributed by atoms with van der Waals surface area (Å²) in [6.07, 6.45) is 1.34. The third-order valence-electron chi connectivity index (χ3n) is 3.06. The number of carbonyl (C=O) groups excluding carboxylic acids is 1. The Morgan fingerprint density at radius 2 is 2.25 bits per heavy atom. The lowest BCUT2D eigenvalue weighted by Gasteiger charge is -2.12. The minimum absolute atomic E-state index is 0.0475. The molecule has 0 saturated heterocycles. The molecule has 1 amide bonds. The summed E-state index contributed by atoms with van der Waals surface area (Å²) in [7, 11) is 1.56. The zero-order valence-electron chi connectivity index (χ0n) is 11.9. The van der Waals surface area contributed by atoms with Crippen LogP contribution in [0.1, 0.15) is 27.9 Å². The van der Waals surface area contributed by atoms with Crippen LogP contribution in [0.2, 0.25) is 0 Å². The zero-order valence-corrected chi connectivity index (χ0v) is 12.7. The van der Waals surface area contributed by atoms with Crippen molar-refractivity contribution in [1.29, 1.82) is 0 Å². The number of nitrogens with zero attached hydrogens (tertiary/aromatic N) is 2. The molecule has 0 bridgehead atoms.